The summed E-state index contributed by atoms with van der Waals surface area (Å²) >= 11 is 5.32. The molecule has 0 aliphatic rings. The van der Waals surface area contributed by atoms with Crippen molar-refractivity contribution in [2.45, 2.75) is 6.54 Å². The van der Waals surface area contributed by atoms with Crippen molar-refractivity contribution in [1.29, 1.82) is 0 Å². The Bertz CT molecular complexity index is 1200. The number of amides is 1. The van der Waals surface area contributed by atoms with Crippen LogP contribution in [0.5, 0.6) is 11.5 Å². The Balaban J connectivity index is 1.41. The number of aromatic nitrogens is 2. The number of para-hydroxylation sites is 1. The highest BCUT2D eigenvalue weighted by Crippen LogP contribution is 2.22. The molecule has 0 bridgehead atoms. The van der Waals surface area contributed by atoms with E-state index in [0.717, 1.165) is 11.3 Å². The average molecular weight is 419 g/mol. The standard InChI is InChI=1S/C23H18FN3O2S/c24-17-8-12-20(13-9-17)29-19-10-6-16(7-11-19)14-25-22(28)21-15-26-23(30)27(21)18-4-2-1-3-5-18/h1-13,15H,14H2,(H,25,28)(H,26,30). The van der Waals surface area contributed by atoms with E-state index in [1.165, 1.54) is 12.1 Å². The Morgan fingerprint density at radius 2 is 1.60 bits per heavy atom. The maximum Gasteiger partial charge on any atom is 0.270 e. The van der Waals surface area contributed by atoms with Gasteiger partial charge in [0, 0.05) is 18.4 Å². The zero-order valence-corrected chi connectivity index (χ0v) is 16.7. The zero-order chi connectivity index (χ0) is 20.9. The van der Waals surface area contributed by atoms with Gasteiger partial charge in [0.2, 0.25) is 0 Å². The van der Waals surface area contributed by atoms with Crippen molar-refractivity contribution < 1.29 is 13.9 Å². The molecule has 5 nitrogen and oxygen atoms in total. The van der Waals surface area contributed by atoms with Crippen LogP contribution in [0.2, 0.25) is 0 Å². The smallest absolute Gasteiger partial charge is 0.270 e. The van der Waals surface area contributed by atoms with E-state index < -0.39 is 0 Å². The van der Waals surface area contributed by atoms with Gasteiger partial charge in [0.1, 0.15) is 23.0 Å². The van der Waals surface area contributed by atoms with E-state index in [1.54, 1.807) is 35.0 Å². The molecule has 0 radical (unpaired) electrons. The number of rotatable bonds is 6. The average Bonchev–Trinajstić information content (AvgIpc) is 3.17. The minimum absolute atomic E-state index is 0.238. The molecule has 1 aromatic heterocycles. The number of benzene rings is 3. The number of nitrogens with one attached hydrogen (secondary N) is 2. The Labute approximate surface area is 177 Å². The number of hydrogen-bond donors (Lipinski definition) is 2. The summed E-state index contributed by atoms with van der Waals surface area (Å²) in [6, 6.07) is 22.6. The Kier molecular flexibility index (Phi) is 5.72. The first-order valence-corrected chi connectivity index (χ1v) is 9.67. The van der Waals surface area contributed by atoms with Gasteiger partial charge in [-0.25, -0.2) is 4.39 Å². The predicted octanol–water partition coefficient (Wildman–Crippen LogP) is 5.40. The summed E-state index contributed by atoms with van der Waals surface area (Å²) in [5.41, 5.74) is 2.16. The summed E-state index contributed by atoms with van der Waals surface area (Å²) in [7, 11) is 0. The second-order valence-corrected chi connectivity index (χ2v) is 6.92. The van der Waals surface area contributed by atoms with Crippen LogP contribution in [0.15, 0.2) is 85.1 Å². The first-order chi connectivity index (χ1) is 14.6. The van der Waals surface area contributed by atoms with E-state index in [2.05, 4.69) is 10.3 Å². The van der Waals surface area contributed by atoms with E-state index in [-0.39, 0.29) is 11.7 Å². The number of halogens is 1. The van der Waals surface area contributed by atoms with Crippen LogP contribution >= 0.6 is 12.2 Å². The lowest BCUT2D eigenvalue weighted by molar-refractivity contribution is 0.0944. The van der Waals surface area contributed by atoms with Crippen LogP contribution in [-0.2, 0) is 6.54 Å². The summed E-state index contributed by atoms with van der Waals surface area (Å²) in [5.74, 6) is 0.625. The molecule has 3 aromatic carbocycles. The van der Waals surface area contributed by atoms with Crippen LogP contribution in [0.4, 0.5) is 4.39 Å². The van der Waals surface area contributed by atoms with Gasteiger partial charge >= 0.3 is 0 Å². The first-order valence-electron chi connectivity index (χ1n) is 9.26. The van der Waals surface area contributed by atoms with Gasteiger partial charge in [-0.2, -0.15) is 0 Å². The molecular weight excluding hydrogens is 401 g/mol. The normalized spacial score (nSPS) is 10.6. The third-order valence-corrected chi connectivity index (χ3v) is 4.75. The quantitative estimate of drug-likeness (QED) is 0.412. The highest BCUT2D eigenvalue weighted by Gasteiger charge is 2.14. The molecule has 0 spiro atoms. The molecular formula is C23H18FN3O2S. The third-order valence-electron chi connectivity index (χ3n) is 4.45. The van der Waals surface area contributed by atoms with Crippen LogP contribution < -0.4 is 10.1 Å². The largest absolute Gasteiger partial charge is 0.457 e. The lowest BCUT2D eigenvalue weighted by Crippen LogP contribution is -2.25. The van der Waals surface area contributed by atoms with E-state index in [0.29, 0.717) is 28.5 Å². The van der Waals surface area contributed by atoms with Gasteiger partial charge in [-0.05, 0) is 66.3 Å². The molecule has 0 unspecified atom stereocenters. The molecule has 0 fully saturated rings. The molecule has 1 heterocycles. The minimum Gasteiger partial charge on any atom is -0.457 e. The summed E-state index contributed by atoms with van der Waals surface area (Å²) in [5, 5.41) is 2.91. The molecule has 4 aromatic rings. The van der Waals surface area contributed by atoms with Gasteiger partial charge in [0.25, 0.3) is 5.91 Å². The fourth-order valence-electron chi connectivity index (χ4n) is 2.96. The van der Waals surface area contributed by atoms with Crippen molar-refractivity contribution in [3.8, 4) is 17.2 Å². The lowest BCUT2D eigenvalue weighted by Gasteiger charge is -2.10. The first kappa shape index (κ1) is 19.6. The van der Waals surface area contributed by atoms with Crippen LogP contribution in [0.3, 0.4) is 0 Å². The van der Waals surface area contributed by atoms with Gasteiger partial charge in [-0.3, -0.25) is 9.36 Å². The summed E-state index contributed by atoms with van der Waals surface area (Å²) < 4.78 is 20.8. The molecule has 2 N–H and O–H groups in total. The Hall–Kier alpha value is -3.71. The van der Waals surface area contributed by atoms with Gasteiger partial charge < -0.3 is 15.0 Å². The fraction of sp³-hybridized carbons (Fsp3) is 0.0435. The maximum absolute atomic E-state index is 13.0. The van der Waals surface area contributed by atoms with Gasteiger partial charge in [-0.1, -0.05) is 30.3 Å². The van der Waals surface area contributed by atoms with Crippen molar-refractivity contribution in [3.05, 3.63) is 107 Å². The zero-order valence-electron chi connectivity index (χ0n) is 15.8. The summed E-state index contributed by atoms with van der Waals surface area (Å²) in [6.07, 6.45) is 1.60. The van der Waals surface area contributed by atoms with Crippen molar-refractivity contribution >= 4 is 18.1 Å². The minimum atomic E-state index is -0.312. The van der Waals surface area contributed by atoms with Crippen molar-refractivity contribution in [1.82, 2.24) is 14.9 Å². The number of hydrogen-bond acceptors (Lipinski definition) is 3. The molecule has 4 rings (SSSR count). The number of H-pyrrole nitrogens is 1. The van der Waals surface area contributed by atoms with E-state index in [4.69, 9.17) is 17.0 Å². The van der Waals surface area contributed by atoms with Crippen LogP contribution in [0, 0.1) is 10.6 Å². The second-order valence-electron chi connectivity index (χ2n) is 6.53. The number of nitrogens with zero attached hydrogens (tertiary/aromatic N) is 1. The number of ether oxygens (including phenoxy) is 1. The predicted molar refractivity (Wildman–Crippen MR) is 115 cm³/mol. The molecule has 0 aliphatic carbocycles. The highest BCUT2D eigenvalue weighted by molar-refractivity contribution is 7.71. The number of aromatic amines is 1. The van der Waals surface area contributed by atoms with Gasteiger partial charge in [0.15, 0.2) is 4.77 Å². The molecule has 1 amide bonds. The molecule has 0 saturated carbocycles. The van der Waals surface area contributed by atoms with Crippen molar-refractivity contribution in [2.24, 2.45) is 0 Å². The molecule has 0 aliphatic heterocycles. The van der Waals surface area contributed by atoms with Crippen LogP contribution in [0.25, 0.3) is 5.69 Å². The fourth-order valence-corrected chi connectivity index (χ4v) is 3.22. The third kappa shape index (κ3) is 4.47. The summed E-state index contributed by atoms with van der Waals surface area (Å²) in [6.45, 7) is 0.350. The van der Waals surface area contributed by atoms with E-state index in [9.17, 15) is 9.18 Å². The van der Waals surface area contributed by atoms with E-state index >= 15 is 0 Å². The van der Waals surface area contributed by atoms with Crippen molar-refractivity contribution in [2.75, 3.05) is 0 Å². The second kappa shape index (κ2) is 8.75. The Morgan fingerprint density at radius 3 is 2.27 bits per heavy atom. The number of carbonyl (C=O) groups excluding carboxylic acids is 1. The molecule has 150 valence electrons. The monoisotopic (exact) mass is 419 g/mol. The molecule has 7 heteroatoms. The van der Waals surface area contributed by atoms with E-state index in [1.807, 2.05) is 42.5 Å². The maximum atomic E-state index is 13.0. The number of imidazole rings is 1. The lowest BCUT2D eigenvalue weighted by atomic mass is 10.2. The molecule has 0 atom stereocenters. The number of carbonyl (C=O) groups is 1. The SMILES string of the molecule is O=C(NCc1ccc(Oc2ccc(F)cc2)cc1)c1c[nH]c(=S)n1-c1ccccc1. The van der Waals surface area contributed by atoms with Gasteiger partial charge in [-0.15, -0.1) is 0 Å². The topological polar surface area (TPSA) is 59.0 Å². The van der Waals surface area contributed by atoms with Gasteiger partial charge in [0.05, 0.1) is 0 Å². The van der Waals surface area contributed by atoms with Crippen LogP contribution in [0.1, 0.15) is 16.1 Å². The van der Waals surface area contributed by atoms with Crippen LogP contribution in [-0.4, -0.2) is 15.5 Å². The molecule has 30 heavy (non-hydrogen) atoms. The highest BCUT2D eigenvalue weighted by atomic mass is 32.1. The molecule has 0 saturated heterocycles. The van der Waals surface area contributed by atoms with Crippen molar-refractivity contribution in [3.63, 3.8) is 0 Å². The summed E-state index contributed by atoms with van der Waals surface area (Å²) in [4.78, 5) is 15.6. The Morgan fingerprint density at radius 1 is 0.967 bits per heavy atom.